The molecule has 0 saturated carbocycles. The van der Waals surface area contributed by atoms with Gasteiger partial charge in [0.25, 0.3) is 0 Å². The molecule has 4 heteroatoms. The lowest BCUT2D eigenvalue weighted by Crippen LogP contribution is -1.99. The van der Waals surface area contributed by atoms with Crippen LogP contribution in [0, 0.1) is 0 Å². The van der Waals surface area contributed by atoms with Gasteiger partial charge in [-0.1, -0.05) is 69.6 Å². The number of benzene rings is 2. The van der Waals surface area contributed by atoms with Crippen molar-refractivity contribution in [3.8, 4) is 5.75 Å². The summed E-state index contributed by atoms with van der Waals surface area (Å²) in [6.45, 7) is 0.517. The first-order valence-electron chi connectivity index (χ1n) is 6.58. The van der Waals surface area contributed by atoms with Gasteiger partial charge in [-0.05, 0) is 23.8 Å². The number of halogens is 1. The lowest BCUT2D eigenvalue weighted by molar-refractivity contribution is 0.162. The summed E-state index contributed by atoms with van der Waals surface area (Å²) in [6, 6.07) is 16.8. The maximum absolute atomic E-state index is 9.28. The van der Waals surface area contributed by atoms with Crippen molar-refractivity contribution in [2.45, 2.75) is 0 Å². The number of hydrogen-bond donors (Lipinski definition) is 1. The molecule has 2 aromatic carbocycles. The lowest BCUT2D eigenvalue weighted by Gasteiger charge is -2.02. The maximum atomic E-state index is 9.28. The van der Waals surface area contributed by atoms with E-state index in [2.05, 4.69) is 21.1 Å². The van der Waals surface area contributed by atoms with Crippen molar-refractivity contribution in [1.29, 1.82) is 0 Å². The molecule has 108 valence electrons. The Kier molecular flexibility index (Phi) is 6.03. The van der Waals surface area contributed by atoms with Gasteiger partial charge in [0.2, 0.25) is 0 Å². The molecule has 2 aromatic rings. The fourth-order valence-electron chi connectivity index (χ4n) is 1.70. The van der Waals surface area contributed by atoms with Gasteiger partial charge in [0.15, 0.2) is 0 Å². The van der Waals surface area contributed by atoms with Gasteiger partial charge in [0.05, 0.1) is 0 Å². The zero-order chi connectivity index (χ0) is 14.9. The highest BCUT2D eigenvalue weighted by Gasteiger charge is 2.00. The predicted molar refractivity (Wildman–Crippen MR) is 89.9 cm³/mol. The van der Waals surface area contributed by atoms with E-state index in [1.807, 2.05) is 54.6 Å². The fourth-order valence-corrected chi connectivity index (χ4v) is 1.84. The predicted octanol–water partition coefficient (Wildman–Crippen LogP) is 4.22. The summed E-state index contributed by atoms with van der Waals surface area (Å²) < 4.78 is 0. The molecule has 0 heterocycles. The molecule has 0 aliphatic rings. The van der Waals surface area contributed by atoms with Crippen molar-refractivity contribution in [1.82, 2.24) is 0 Å². The Bertz CT molecular complexity index is 606. The third-order valence-electron chi connectivity index (χ3n) is 2.73. The van der Waals surface area contributed by atoms with E-state index in [1.54, 1.807) is 12.1 Å². The summed E-state index contributed by atoms with van der Waals surface area (Å²) >= 11 is 3.30. The molecule has 0 unspecified atom stereocenters. The number of phenolic OH excluding ortho intramolecular Hbond substituents is 1. The molecule has 1 N–H and O–H groups in total. The zero-order valence-corrected chi connectivity index (χ0v) is 13.0. The minimum atomic E-state index is 0.254. The van der Waals surface area contributed by atoms with Crippen molar-refractivity contribution in [3.63, 3.8) is 0 Å². The molecule has 0 aliphatic heterocycles. The number of hydrogen-bond acceptors (Lipinski definition) is 3. The van der Waals surface area contributed by atoms with Crippen molar-refractivity contribution in [2.75, 3.05) is 11.9 Å². The summed E-state index contributed by atoms with van der Waals surface area (Å²) in [5.74, 6) is 0.254. The number of aromatic hydroxyl groups is 1. The van der Waals surface area contributed by atoms with Gasteiger partial charge in [0, 0.05) is 10.9 Å². The fraction of sp³-hybridized carbons (Fsp3) is 0.118. The summed E-state index contributed by atoms with van der Waals surface area (Å²) in [5.41, 5.74) is 2.73. The van der Waals surface area contributed by atoms with Crippen molar-refractivity contribution in [3.05, 3.63) is 71.8 Å². The average Bonchev–Trinajstić information content (AvgIpc) is 2.53. The van der Waals surface area contributed by atoms with E-state index in [1.165, 1.54) is 0 Å². The van der Waals surface area contributed by atoms with Gasteiger partial charge < -0.3 is 9.94 Å². The number of alkyl halides is 1. The van der Waals surface area contributed by atoms with Crippen LogP contribution in [0.3, 0.4) is 0 Å². The van der Waals surface area contributed by atoms with Crippen LogP contribution in [0.1, 0.15) is 11.1 Å². The minimum absolute atomic E-state index is 0.254. The van der Waals surface area contributed by atoms with Crippen LogP contribution in [0.15, 0.2) is 65.8 Å². The number of oxime groups is 1. The summed E-state index contributed by atoms with van der Waals surface area (Å²) in [5, 5.41) is 14.2. The average molecular weight is 346 g/mol. The van der Waals surface area contributed by atoms with Gasteiger partial charge in [0.1, 0.15) is 18.1 Å². The highest BCUT2D eigenvalue weighted by molar-refractivity contribution is 9.09. The van der Waals surface area contributed by atoms with E-state index < -0.39 is 0 Å². The van der Waals surface area contributed by atoms with Crippen LogP contribution in [0.5, 0.6) is 5.75 Å². The van der Waals surface area contributed by atoms with Gasteiger partial charge >= 0.3 is 0 Å². The van der Waals surface area contributed by atoms with E-state index >= 15 is 0 Å². The molecule has 0 spiro atoms. The molecular weight excluding hydrogens is 330 g/mol. The summed E-state index contributed by atoms with van der Waals surface area (Å²) in [6.07, 6.45) is 3.83. The molecule has 0 bridgehead atoms. The Morgan fingerprint density at radius 3 is 2.48 bits per heavy atom. The van der Waals surface area contributed by atoms with Crippen LogP contribution in [-0.2, 0) is 4.84 Å². The van der Waals surface area contributed by atoms with E-state index in [0.717, 1.165) is 22.2 Å². The van der Waals surface area contributed by atoms with Crippen LogP contribution in [-0.4, -0.2) is 22.8 Å². The molecule has 3 nitrogen and oxygen atoms in total. The van der Waals surface area contributed by atoms with Crippen LogP contribution in [0.25, 0.3) is 6.08 Å². The molecule has 0 saturated heterocycles. The molecule has 0 atom stereocenters. The first kappa shape index (κ1) is 15.3. The summed E-state index contributed by atoms with van der Waals surface area (Å²) in [7, 11) is 0. The Balaban J connectivity index is 2.19. The summed E-state index contributed by atoms with van der Waals surface area (Å²) in [4.78, 5) is 5.26. The van der Waals surface area contributed by atoms with Crippen molar-refractivity contribution < 1.29 is 9.94 Å². The van der Waals surface area contributed by atoms with E-state index in [9.17, 15) is 5.11 Å². The molecule has 0 radical (unpaired) electrons. The first-order valence-corrected chi connectivity index (χ1v) is 7.70. The number of allylic oxidation sites excluding steroid dienone is 1. The Hall–Kier alpha value is -2.07. The standard InChI is InChI=1S/C17H16BrNO2/c18-12-13-21-19-17(15-4-2-1-3-5-15)11-8-14-6-9-16(20)10-7-14/h1-11,20H,12-13H2. The number of phenols is 1. The van der Waals surface area contributed by atoms with Crippen LogP contribution < -0.4 is 0 Å². The van der Waals surface area contributed by atoms with E-state index in [0.29, 0.717) is 6.61 Å². The third-order valence-corrected chi connectivity index (χ3v) is 3.05. The minimum Gasteiger partial charge on any atom is -0.508 e. The van der Waals surface area contributed by atoms with Gasteiger partial charge in [-0.25, -0.2) is 0 Å². The quantitative estimate of drug-likeness (QED) is 0.368. The van der Waals surface area contributed by atoms with Crippen molar-refractivity contribution >= 4 is 27.7 Å². The van der Waals surface area contributed by atoms with Crippen LogP contribution in [0.2, 0.25) is 0 Å². The second-order valence-electron chi connectivity index (χ2n) is 4.29. The SMILES string of the molecule is Oc1ccc(C=CC(=NOCCBr)c2ccccc2)cc1. The van der Waals surface area contributed by atoms with Gasteiger partial charge in [-0.3, -0.25) is 0 Å². The zero-order valence-electron chi connectivity index (χ0n) is 11.4. The largest absolute Gasteiger partial charge is 0.508 e. The molecule has 21 heavy (non-hydrogen) atoms. The van der Waals surface area contributed by atoms with Crippen LogP contribution in [0.4, 0.5) is 0 Å². The Morgan fingerprint density at radius 1 is 1.10 bits per heavy atom. The monoisotopic (exact) mass is 345 g/mol. The molecule has 0 amide bonds. The highest BCUT2D eigenvalue weighted by atomic mass is 79.9. The topological polar surface area (TPSA) is 41.8 Å². The smallest absolute Gasteiger partial charge is 0.126 e. The second kappa shape index (κ2) is 8.27. The maximum Gasteiger partial charge on any atom is 0.126 e. The molecule has 0 fully saturated rings. The molecule has 2 rings (SSSR count). The number of rotatable bonds is 6. The van der Waals surface area contributed by atoms with Crippen LogP contribution >= 0.6 is 15.9 Å². The van der Waals surface area contributed by atoms with Gasteiger partial charge in [-0.15, -0.1) is 0 Å². The highest BCUT2D eigenvalue weighted by Crippen LogP contribution is 2.12. The molecule has 0 aliphatic carbocycles. The second-order valence-corrected chi connectivity index (χ2v) is 5.08. The Labute approximate surface area is 132 Å². The third kappa shape index (κ3) is 5.08. The normalized spacial score (nSPS) is 11.8. The first-order chi connectivity index (χ1) is 10.3. The van der Waals surface area contributed by atoms with E-state index in [4.69, 9.17) is 4.84 Å². The molecular formula is C17H16BrNO2. The van der Waals surface area contributed by atoms with Gasteiger partial charge in [-0.2, -0.15) is 0 Å². The van der Waals surface area contributed by atoms with E-state index in [-0.39, 0.29) is 5.75 Å². The number of nitrogens with zero attached hydrogens (tertiary/aromatic N) is 1. The Morgan fingerprint density at radius 2 is 1.81 bits per heavy atom. The molecule has 0 aromatic heterocycles. The van der Waals surface area contributed by atoms with Crippen molar-refractivity contribution in [2.24, 2.45) is 5.16 Å². The lowest BCUT2D eigenvalue weighted by atomic mass is 10.1.